The van der Waals surface area contributed by atoms with Gasteiger partial charge in [-0.1, -0.05) is 12.1 Å². The smallest absolute Gasteiger partial charge is 0.425 e. The summed E-state index contributed by atoms with van der Waals surface area (Å²) in [6.07, 6.45) is -1.94. The molecule has 2 N–H and O–H groups in total. The predicted octanol–water partition coefficient (Wildman–Crippen LogP) is 5.02. The highest BCUT2D eigenvalue weighted by Gasteiger charge is 2.39. The van der Waals surface area contributed by atoms with E-state index in [-0.39, 0.29) is 34.8 Å². The minimum absolute atomic E-state index is 0.0358. The van der Waals surface area contributed by atoms with Gasteiger partial charge in [0, 0.05) is 19.1 Å². The molecule has 1 aliphatic heterocycles. The van der Waals surface area contributed by atoms with Crippen LogP contribution in [0.3, 0.4) is 0 Å². The van der Waals surface area contributed by atoms with Crippen LogP contribution >= 0.6 is 0 Å². The lowest BCUT2D eigenvalue weighted by Crippen LogP contribution is -2.32. The summed E-state index contributed by atoms with van der Waals surface area (Å²) in [5, 5.41) is 12.5. The highest BCUT2D eigenvalue weighted by molar-refractivity contribution is 5.92. The van der Waals surface area contributed by atoms with Gasteiger partial charge < -0.3 is 19.9 Å². The predicted molar refractivity (Wildman–Crippen MR) is 110 cm³/mol. The second kappa shape index (κ2) is 8.93. The molecule has 10 heteroatoms. The van der Waals surface area contributed by atoms with Crippen LogP contribution < -0.4 is 10.1 Å². The van der Waals surface area contributed by atoms with E-state index in [1.807, 2.05) is 0 Å². The van der Waals surface area contributed by atoms with E-state index in [1.165, 1.54) is 6.20 Å². The number of ether oxygens (including phenoxy) is 2. The van der Waals surface area contributed by atoms with Gasteiger partial charge in [-0.05, 0) is 50.2 Å². The Balaban J connectivity index is 1.72. The van der Waals surface area contributed by atoms with Gasteiger partial charge in [0.15, 0.2) is 17.6 Å². The maximum atomic E-state index is 13.3. The van der Waals surface area contributed by atoms with Gasteiger partial charge in [0.05, 0.1) is 17.6 Å². The number of para-hydroxylation sites is 1. The Bertz CT molecular complexity index is 989. The SMILES string of the molecule is CC(Oc1c(Nc2ncc(C3CC3)nc2C(=O)O)cccc1C1CCOCC1)C(F)(F)F. The van der Waals surface area contributed by atoms with Gasteiger partial charge in [-0.2, -0.15) is 13.2 Å². The zero-order chi connectivity index (χ0) is 22.9. The molecule has 172 valence electrons. The molecule has 0 spiro atoms. The number of alkyl halides is 3. The number of hydrogen-bond donors (Lipinski definition) is 2. The summed E-state index contributed by atoms with van der Waals surface area (Å²) in [7, 11) is 0. The monoisotopic (exact) mass is 451 g/mol. The molecule has 1 aromatic heterocycles. The van der Waals surface area contributed by atoms with Gasteiger partial charge in [0.1, 0.15) is 5.75 Å². The number of anilines is 2. The van der Waals surface area contributed by atoms with Crippen molar-refractivity contribution in [1.82, 2.24) is 9.97 Å². The van der Waals surface area contributed by atoms with E-state index < -0.39 is 18.2 Å². The number of carboxylic acid groups (broad SMARTS) is 1. The maximum absolute atomic E-state index is 13.3. The largest absolute Gasteiger partial charge is 0.479 e. The van der Waals surface area contributed by atoms with Gasteiger partial charge in [0.2, 0.25) is 0 Å². The number of benzene rings is 1. The lowest BCUT2D eigenvalue weighted by molar-refractivity contribution is -0.189. The first kappa shape index (κ1) is 22.3. The molecule has 1 saturated heterocycles. The van der Waals surface area contributed by atoms with E-state index in [0.717, 1.165) is 19.8 Å². The molecule has 1 aliphatic carbocycles. The number of nitrogens with zero attached hydrogens (tertiary/aromatic N) is 2. The van der Waals surface area contributed by atoms with Crippen LogP contribution in [0.25, 0.3) is 0 Å². The number of hydrogen-bond acceptors (Lipinski definition) is 6. The van der Waals surface area contributed by atoms with E-state index in [1.54, 1.807) is 18.2 Å². The van der Waals surface area contributed by atoms with E-state index in [0.29, 0.717) is 37.3 Å². The molecule has 4 rings (SSSR count). The lowest BCUT2D eigenvalue weighted by atomic mass is 9.90. The molecule has 1 unspecified atom stereocenters. The van der Waals surface area contributed by atoms with Gasteiger partial charge >= 0.3 is 12.1 Å². The highest BCUT2D eigenvalue weighted by atomic mass is 19.4. The topological polar surface area (TPSA) is 93.6 Å². The molecular formula is C22H24F3N3O4. The van der Waals surface area contributed by atoms with Crippen molar-refractivity contribution in [2.75, 3.05) is 18.5 Å². The number of carbonyl (C=O) groups is 1. The molecule has 2 heterocycles. The lowest BCUT2D eigenvalue weighted by Gasteiger charge is -2.28. The highest BCUT2D eigenvalue weighted by Crippen LogP contribution is 2.42. The average molecular weight is 451 g/mol. The fourth-order valence-electron chi connectivity index (χ4n) is 3.71. The van der Waals surface area contributed by atoms with E-state index in [9.17, 15) is 23.1 Å². The van der Waals surface area contributed by atoms with Crippen LogP contribution in [-0.4, -0.2) is 46.5 Å². The third-order valence-electron chi connectivity index (χ3n) is 5.70. The Morgan fingerprint density at radius 1 is 1.22 bits per heavy atom. The van der Waals surface area contributed by atoms with Crippen molar-refractivity contribution in [3.05, 3.63) is 41.3 Å². The van der Waals surface area contributed by atoms with Crippen LogP contribution in [0.4, 0.5) is 24.7 Å². The molecule has 1 aromatic carbocycles. The van der Waals surface area contributed by atoms with Crippen molar-refractivity contribution in [3.63, 3.8) is 0 Å². The summed E-state index contributed by atoms with van der Waals surface area (Å²) >= 11 is 0. The number of rotatable bonds is 7. The zero-order valence-electron chi connectivity index (χ0n) is 17.5. The third-order valence-corrected chi connectivity index (χ3v) is 5.70. The minimum atomic E-state index is -4.56. The first-order chi connectivity index (χ1) is 15.2. The standard InChI is InChI=1S/C22H24F3N3O4/c1-12(22(23,24)25)32-19-15(13-7-9-31-10-8-13)3-2-4-16(19)28-20-18(21(29)30)27-17(11-26-20)14-5-6-14/h2-4,11-14H,5-10H2,1H3,(H,26,28)(H,29,30). The van der Waals surface area contributed by atoms with E-state index in [4.69, 9.17) is 9.47 Å². The molecule has 2 fully saturated rings. The summed E-state index contributed by atoms with van der Waals surface area (Å²) in [6, 6.07) is 4.98. The molecule has 32 heavy (non-hydrogen) atoms. The number of aromatic nitrogens is 2. The average Bonchev–Trinajstić information content (AvgIpc) is 3.60. The summed E-state index contributed by atoms with van der Waals surface area (Å²) in [5.74, 6) is -1.11. The molecule has 1 saturated carbocycles. The fourth-order valence-corrected chi connectivity index (χ4v) is 3.71. The number of aromatic carboxylic acids is 1. The second-order valence-electron chi connectivity index (χ2n) is 8.11. The van der Waals surface area contributed by atoms with Crippen molar-refractivity contribution in [2.24, 2.45) is 0 Å². The van der Waals surface area contributed by atoms with Crippen LogP contribution in [0.5, 0.6) is 5.75 Å². The zero-order valence-corrected chi connectivity index (χ0v) is 17.5. The third kappa shape index (κ3) is 4.95. The van der Waals surface area contributed by atoms with Gasteiger partial charge in [-0.15, -0.1) is 0 Å². The summed E-state index contributed by atoms with van der Waals surface area (Å²) < 4.78 is 50.7. The van der Waals surface area contributed by atoms with E-state index >= 15 is 0 Å². The quantitative estimate of drug-likeness (QED) is 0.611. The number of halogens is 3. The Hall–Kier alpha value is -2.88. The molecule has 1 atom stereocenters. The molecular weight excluding hydrogens is 427 g/mol. The van der Waals surface area contributed by atoms with Gasteiger partial charge in [0.25, 0.3) is 0 Å². The van der Waals surface area contributed by atoms with Crippen molar-refractivity contribution in [1.29, 1.82) is 0 Å². The molecule has 0 bridgehead atoms. The first-order valence-corrected chi connectivity index (χ1v) is 10.5. The number of nitrogens with one attached hydrogen (secondary N) is 1. The van der Waals surface area contributed by atoms with Gasteiger partial charge in [-0.25, -0.2) is 14.8 Å². The normalized spacial score (nSPS) is 18.2. The molecule has 2 aromatic rings. The number of carboxylic acids is 1. The van der Waals surface area contributed by atoms with Crippen LogP contribution in [0, 0.1) is 0 Å². The minimum Gasteiger partial charge on any atom is -0.479 e. The van der Waals surface area contributed by atoms with Crippen LogP contribution in [0.15, 0.2) is 24.4 Å². The molecule has 0 amide bonds. The Kier molecular flexibility index (Phi) is 6.23. The van der Waals surface area contributed by atoms with Crippen molar-refractivity contribution < 1.29 is 32.5 Å². The van der Waals surface area contributed by atoms with Crippen molar-refractivity contribution in [3.8, 4) is 5.75 Å². The summed E-state index contributed by atoms with van der Waals surface area (Å²) in [6.45, 7) is 1.96. The fraction of sp³-hybridized carbons (Fsp3) is 0.500. The molecule has 7 nitrogen and oxygen atoms in total. The molecule has 0 radical (unpaired) electrons. The maximum Gasteiger partial charge on any atom is 0.425 e. The molecule has 2 aliphatic rings. The second-order valence-corrected chi connectivity index (χ2v) is 8.11. The Morgan fingerprint density at radius 2 is 1.94 bits per heavy atom. The Labute approximate surface area is 183 Å². The summed E-state index contributed by atoms with van der Waals surface area (Å²) in [5.41, 5.74) is 1.15. The first-order valence-electron chi connectivity index (χ1n) is 10.5. The van der Waals surface area contributed by atoms with Gasteiger partial charge in [-0.3, -0.25) is 0 Å². The van der Waals surface area contributed by atoms with E-state index in [2.05, 4.69) is 15.3 Å². The summed E-state index contributed by atoms with van der Waals surface area (Å²) in [4.78, 5) is 20.2. The van der Waals surface area contributed by atoms with Crippen LogP contribution in [0.1, 0.15) is 66.2 Å². The van der Waals surface area contributed by atoms with Crippen LogP contribution in [-0.2, 0) is 4.74 Å². The van der Waals surface area contributed by atoms with Crippen LogP contribution in [0.2, 0.25) is 0 Å². The Morgan fingerprint density at radius 3 is 2.56 bits per heavy atom. The van der Waals surface area contributed by atoms with Crippen molar-refractivity contribution in [2.45, 2.75) is 56.7 Å². The van der Waals surface area contributed by atoms with Crippen molar-refractivity contribution >= 4 is 17.5 Å².